The second-order valence-electron chi connectivity index (χ2n) is 8.54. The Balaban J connectivity index is 1.78. The Morgan fingerprint density at radius 1 is 1.19 bits per heavy atom. The number of esters is 1. The standard InChI is InChI=1S/C26H27ClN4O5/c1-4-36-26(35)21-15(2)19(16(3)29-21)23(32)20-22(17-6-8-18(27)9-7-17)31(25(34)24(20)33)12-5-11-30-13-10-28-14-30/h6-10,13-14,22,29,32H,4-5,11-12H2,1-3H3/t22-/m1/s1. The summed E-state index contributed by atoms with van der Waals surface area (Å²) in [5, 5.41) is 12.0. The number of nitrogens with zero attached hydrogens (tertiary/aromatic N) is 3. The summed E-state index contributed by atoms with van der Waals surface area (Å²) < 4.78 is 6.98. The molecular formula is C26H27ClN4O5. The molecule has 1 aliphatic heterocycles. The fraction of sp³-hybridized carbons (Fsp3) is 0.308. The van der Waals surface area contributed by atoms with Crippen LogP contribution in [0.2, 0.25) is 5.02 Å². The summed E-state index contributed by atoms with van der Waals surface area (Å²) >= 11 is 6.08. The van der Waals surface area contributed by atoms with Crippen LogP contribution in [0, 0.1) is 13.8 Å². The molecule has 2 N–H and O–H groups in total. The van der Waals surface area contributed by atoms with Gasteiger partial charge in [0, 0.05) is 41.8 Å². The van der Waals surface area contributed by atoms with E-state index in [0.717, 1.165) is 0 Å². The van der Waals surface area contributed by atoms with Crippen LogP contribution in [0.1, 0.15) is 52.3 Å². The molecule has 9 nitrogen and oxygen atoms in total. The molecule has 2 aromatic heterocycles. The van der Waals surface area contributed by atoms with Crippen molar-refractivity contribution in [3.63, 3.8) is 0 Å². The molecule has 1 saturated heterocycles. The Morgan fingerprint density at radius 3 is 2.56 bits per heavy atom. The maximum Gasteiger partial charge on any atom is 0.355 e. The minimum absolute atomic E-state index is 0.0365. The van der Waals surface area contributed by atoms with Gasteiger partial charge in [-0.3, -0.25) is 9.59 Å². The molecule has 4 rings (SSSR count). The predicted octanol–water partition coefficient (Wildman–Crippen LogP) is 4.17. The van der Waals surface area contributed by atoms with Gasteiger partial charge in [-0.2, -0.15) is 0 Å². The van der Waals surface area contributed by atoms with Crippen LogP contribution in [0.5, 0.6) is 0 Å². The van der Waals surface area contributed by atoms with Crippen molar-refractivity contribution >= 4 is 35.0 Å². The number of likely N-dealkylation sites (tertiary alicyclic amines) is 1. The zero-order chi connectivity index (χ0) is 26.0. The number of halogens is 1. The third-order valence-electron chi connectivity index (χ3n) is 6.25. The van der Waals surface area contributed by atoms with Crippen LogP contribution in [-0.2, 0) is 20.9 Å². The maximum absolute atomic E-state index is 13.3. The summed E-state index contributed by atoms with van der Waals surface area (Å²) in [6.45, 7) is 6.12. The van der Waals surface area contributed by atoms with Crippen LogP contribution in [0.4, 0.5) is 0 Å². The van der Waals surface area contributed by atoms with Crippen LogP contribution in [0.25, 0.3) is 5.76 Å². The molecule has 0 bridgehead atoms. The van der Waals surface area contributed by atoms with Gasteiger partial charge in [0.15, 0.2) is 0 Å². The Labute approximate surface area is 213 Å². The lowest BCUT2D eigenvalue weighted by molar-refractivity contribution is -0.139. The van der Waals surface area contributed by atoms with E-state index >= 15 is 0 Å². The molecule has 36 heavy (non-hydrogen) atoms. The molecule has 3 heterocycles. The highest BCUT2D eigenvalue weighted by atomic mass is 35.5. The summed E-state index contributed by atoms with van der Waals surface area (Å²) in [5.41, 5.74) is 2.01. The van der Waals surface area contributed by atoms with Crippen LogP contribution in [-0.4, -0.2) is 55.4 Å². The van der Waals surface area contributed by atoms with Gasteiger partial charge in [-0.15, -0.1) is 0 Å². The van der Waals surface area contributed by atoms with Gasteiger partial charge in [0.2, 0.25) is 0 Å². The van der Waals surface area contributed by atoms with E-state index in [4.69, 9.17) is 16.3 Å². The third kappa shape index (κ3) is 4.66. The zero-order valence-electron chi connectivity index (χ0n) is 20.2. The highest BCUT2D eigenvalue weighted by Gasteiger charge is 2.46. The van der Waals surface area contributed by atoms with E-state index in [2.05, 4.69) is 9.97 Å². The van der Waals surface area contributed by atoms with Crippen molar-refractivity contribution in [2.24, 2.45) is 0 Å². The van der Waals surface area contributed by atoms with Gasteiger partial charge in [-0.05, 0) is 50.5 Å². The first-order valence-electron chi connectivity index (χ1n) is 11.6. The number of H-pyrrole nitrogens is 1. The largest absolute Gasteiger partial charge is 0.507 e. The molecule has 0 radical (unpaired) electrons. The number of aliphatic hydroxyl groups is 1. The van der Waals surface area contributed by atoms with Gasteiger partial charge in [0.1, 0.15) is 11.5 Å². The van der Waals surface area contributed by atoms with Gasteiger partial charge >= 0.3 is 5.97 Å². The number of Topliss-reactive ketones (excluding diaryl/α,β-unsaturated/α-hetero) is 1. The zero-order valence-corrected chi connectivity index (χ0v) is 21.0. The van der Waals surface area contributed by atoms with Crippen LogP contribution < -0.4 is 0 Å². The van der Waals surface area contributed by atoms with Crippen molar-refractivity contribution in [3.8, 4) is 0 Å². The number of hydrogen-bond donors (Lipinski definition) is 2. The molecule has 1 aliphatic rings. The van der Waals surface area contributed by atoms with E-state index in [1.807, 2.05) is 10.8 Å². The number of ether oxygens (including phenoxy) is 1. The lowest BCUT2D eigenvalue weighted by Crippen LogP contribution is -2.31. The van der Waals surface area contributed by atoms with E-state index in [-0.39, 0.29) is 30.2 Å². The summed E-state index contributed by atoms with van der Waals surface area (Å²) in [7, 11) is 0. The Morgan fingerprint density at radius 2 is 1.92 bits per heavy atom. The number of nitrogens with one attached hydrogen (secondary N) is 1. The van der Waals surface area contributed by atoms with E-state index in [0.29, 0.717) is 40.4 Å². The minimum atomic E-state index is -0.815. The van der Waals surface area contributed by atoms with Gasteiger partial charge in [-0.1, -0.05) is 23.7 Å². The number of hydrogen-bond acceptors (Lipinski definition) is 6. The number of aryl methyl sites for hydroxylation is 2. The molecule has 3 aromatic rings. The number of ketones is 1. The highest BCUT2D eigenvalue weighted by molar-refractivity contribution is 6.46. The second-order valence-corrected chi connectivity index (χ2v) is 8.98. The van der Waals surface area contributed by atoms with Crippen LogP contribution in [0.3, 0.4) is 0 Å². The second kappa shape index (κ2) is 10.4. The molecule has 10 heteroatoms. The lowest BCUT2D eigenvalue weighted by atomic mass is 9.94. The van der Waals surface area contributed by atoms with Crippen LogP contribution >= 0.6 is 11.6 Å². The first-order chi connectivity index (χ1) is 17.2. The number of aromatic nitrogens is 3. The van der Waals surface area contributed by atoms with E-state index in [9.17, 15) is 19.5 Å². The fourth-order valence-corrected chi connectivity index (χ4v) is 4.72. The molecule has 188 valence electrons. The van der Waals surface area contributed by atoms with Gasteiger partial charge in [0.05, 0.1) is 24.5 Å². The Hall–Kier alpha value is -3.85. The first kappa shape index (κ1) is 25.2. The molecule has 1 aromatic carbocycles. The van der Waals surface area contributed by atoms with Crippen molar-refractivity contribution in [1.82, 2.24) is 19.4 Å². The SMILES string of the molecule is CCOC(=O)c1[nH]c(C)c(C(O)=C2C(=O)C(=O)N(CCCn3ccnc3)[C@@H]2c2ccc(Cl)cc2)c1C. The number of benzene rings is 1. The number of imidazole rings is 1. The fourth-order valence-electron chi connectivity index (χ4n) is 4.59. The minimum Gasteiger partial charge on any atom is -0.507 e. The molecular weight excluding hydrogens is 484 g/mol. The molecule has 0 spiro atoms. The predicted molar refractivity (Wildman–Crippen MR) is 134 cm³/mol. The van der Waals surface area contributed by atoms with Crippen molar-refractivity contribution in [2.75, 3.05) is 13.2 Å². The highest BCUT2D eigenvalue weighted by Crippen LogP contribution is 2.41. The quantitative estimate of drug-likeness (QED) is 0.203. The molecule has 0 unspecified atom stereocenters. The third-order valence-corrected chi connectivity index (χ3v) is 6.51. The summed E-state index contributed by atoms with van der Waals surface area (Å²) in [4.78, 5) is 47.3. The molecule has 0 saturated carbocycles. The molecule has 0 aliphatic carbocycles. The van der Waals surface area contributed by atoms with Crippen molar-refractivity contribution in [3.05, 3.63) is 81.7 Å². The monoisotopic (exact) mass is 510 g/mol. The molecule has 1 atom stereocenters. The Bertz CT molecular complexity index is 1330. The van der Waals surface area contributed by atoms with Crippen molar-refractivity contribution in [1.29, 1.82) is 0 Å². The Kier molecular flexibility index (Phi) is 7.30. The van der Waals surface area contributed by atoms with Gasteiger partial charge < -0.3 is 24.3 Å². The number of aliphatic hydroxyl groups excluding tert-OH is 1. The number of carbonyl (C=O) groups is 3. The number of rotatable bonds is 8. The number of aromatic amines is 1. The average molecular weight is 511 g/mol. The van der Waals surface area contributed by atoms with Gasteiger partial charge in [0.25, 0.3) is 11.7 Å². The van der Waals surface area contributed by atoms with E-state index in [1.165, 1.54) is 4.90 Å². The first-order valence-corrected chi connectivity index (χ1v) is 12.0. The average Bonchev–Trinajstić information content (AvgIpc) is 3.53. The van der Waals surface area contributed by atoms with Crippen molar-refractivity contribution in [2.45, 2.75) is 39.8 Å². The van der Waals surface area contributed by atoms with Crippen LogP contribution in [0.15, 0.2) is 48.6 Å². The van der Waals surface area contributed by atoms with E-state index < -0.39 is 23.7 Å². The normalized spacial score (nSPS) is 17.1. The topological polar surface area (TPSA) is 118 Å². The smallest absolute Gasteiger partial charge is 0.355 e. The summed E-state index contributed by atoms with van der Waals surface area (Å²) in [6.07, 6.45) is 5.75. The van der Waals surface area contributed by atoms with E-state index in [1.54, 1.807) is 57.6 Å². The summed E-state index contributed by atoms with van der Waals surface area (Å²) in [6, 6.07) is 6.00. The summed E-state index contributed by atoms with van der Waals surface area (Å²) in [5.74, 6) is -2.38. The lowest BCUT2D eigenvalue weighted by Gasteiger charge is -2.25. The molecule has 1 fully saturated rings. The number of amides is 1. The maximum atomic E-state index is 13.3. The molecule has 1 amide bonds. The van der Waals surface area contributed by atoms with Crippen molar-refractivity contribution < 1.29 is 24.2 Å². The number of carbonyl (C=O) groups excluding carboxylic acids is 3. The van der Waals surface area contributed by atoms with Gasteiger partial charge in [-0.25, -0.2) is 9.78 Å².